The van der Waals surface area contributed by atoms with Gasteiger partial charge in [-0.3, -0.25) is 19.4 Å². The molecule has 9 heteroatoms. The fraction of sp³-hybridized carbons (Fsp3) is 0.529. The number of halogens is 3. The molecule has 26 heavy (non-hydrogen) atoms. The lowest BCUT2D eigenvalue weighted by Gasteiger charge is -2.38. The Balaban J connectivity index is 0.00000338. The predicted octanol–water partition coefficient (Wildman–Crippen LogP) is 2.19. The third-order valence-corrected chi connectivity index (χ3v) is 4.62. The van der Waals surface area contributed by atoms with E-state index in [0.29, 0.717) is 13.1 Å². The van der Waals surface area contributed by atoms with Gasteiger partial charge in [0.2, 0.25) is 5.91 Å². The summed E-state index contributed by atoms with van der Waals surface area (Å²) in [6.45, 7) is 2.97. The molecule has 2 rings (SSSR count). The summed E-state index contributed by atoms with van der Waals surface area (Å²) in [6, 6.07) is 2.58. The number of benzene rings is 1. The Hall–Kier alpha value is -1.77. The van der Waals surface area contributed by atoms with E-state index in [1.807, 2.05) is 4.90 Å². The van der Waals surface area contributed by atoms with Gasteiger partial charge in [-0.1, -0.05) is 0 Å². The molecule has 2 N–H and O–H groups in total. The number of hydrogen-bond acceptors (Lipinski definition) is 4. The van der Waals surface area contributed by atoms with E-state index >= 15 is 0 Å². The molecule has 1 aromatic rings. The highest BCUT2D eigenvalue weighted by Gasteiger charge is 2.29. The smallest absolute Gasteiger partial charge is 0.317 e. The Kier molecular flexibility index (Phi) is 8.39. The monoisotopic (exact) mass is 391 g/mol. The van der Waals surface area contributed by atoms with E-state index in [4.69, 9.17) is 5.11 Å². The maximum Gasteiger partial charge on any atom is 0.317 e. The van der Waals surface area contributed by atoms with Crippen LogP contribution in [0.25, 0.3) is 0 Å². The molecule has 1 unspecified atom stereocenters. The number of nitrogens with one attached hydrogen (secondary N) is 1. The first-order valence-electron chi connectivity index (χ1n) is 8.20. The third-order valence-electron chi connectivity index (χ3n) is 4.62. The highest BCUT2D eigenvalue weighted by molar-refractivity contribution is 5.94. The van der Waals surface area contributed by atoms with Crippen LogP contribution in [-0.2, 0) is 9.59 Å². The van der Waals surface area contributed by atoms with Crippen LogP contribution < -0.4 is 5.32 Å². The zero-order valence-electron chi connectivity index (χ0n) is 14.7. The number of likely N-dealkylation sites (tertiary alicyclic amines) is 1. The molecule has 1 amide bonds. The van der Waals surface area contributed by atoms with Crippen molar-refractivity contribution >= 4 is 30.0 Å². The number of carbonyl (C=O) groups is 2. The second-order valence-corrected chi connectivity index (χ2v) is 6.37. The number of anilines is 1. The first-order chi connectivity index (χ1) is 11.8. The van der Waals surface area contributed by atoms with Crippen molar-refractivity contribution in [3.63, 3.8) is 0 Å². The number of carboxylic acid groups (broad SMARTS) is 1. The fourth-order valence-electron chi connectivity index (χ4n) is 3.05. The summed E-state index contributed by atoms with van der Waals surface area (Å²) < 4.78 is 26.8. The Bertz CT molecular complexity index is 640. The average Bonchev–Trinajstić information content (AvgIpc) is 2.57. The summed E-state index contributed by atoms with van der Waals surface area (Å²) in [5.41, 5.74) is -0.173. The third kappa shape index (κ3) is 5.89. The number of aliphatic carboxylic acids is 1. The number of hydrogen-bond donors (Lipinski definition) is 2. The number of carboxylic acids is 1. The molecule has 1 heterocycles. The van der Waals surface area contributed by atoms with E-state index in [-0.39, 0.29) is 30.7 Å². The van der Waals surface area contributed by atoms with Crippen molar-refractivity contribution in [1.29, 1.82) is 0 Å². The van der Waals surface area contributed by atoms with Crippen LogP contribution in [-0.4, -0.2) is 65.5 Å². The number of carbonyl (C=O) groups excluding carboxylic acids is 1. The van der Waals surface area contributed by atoms with Gasteiger partial charge in [-0.05, 0) is 38.9 Å². The highest BCUT2D eigenvalue weighted by atomic mass is 35.5. The normalized spacial score (nSPS) is 16.8. The van der Waals surface area contributed by atoms with Gasteiger partial charge in [-0.15, -0.1) is 12.4 Å². The first-order valence-corrected chi connectivity index (χ1v) is 8.20. The number of piperidine rings is 1. The first kappa shape index (κ1) is 22.3. The van der Waals surface area contributed by atoms with Crippen LogP contribution in [0.2, 0.25) is 0 Å². The van der Waals surface area contributed by atoms with Crippen LogP contribution in [0.4, 0.5) is 14.5 Å². The minimum absolute atomic E-state index is 0. The molecule has 146 valence electrons. The molecule has 1 saturated heterocycles. The van der Waals surface area contributed by atoms with Crippen molar-refractivity contribution in [3.05, 3.63) is 29.8 Å². The van der Waals surface area contributed by atoms with Crippen LogP contribution in [0.3, 0.4) is 0 Å². The molecule has 1 aliphatic rings. The molecule has 1 aromatic carbocycles. The second-order valence-electron chi connectivity index (χ2n) is 6.37. The zero-order chi connectivity index (χ0) is 18.6. The summed E-state index contributed by atoms with van der Waals surface area (Å²) >= 11 is 0. The standard InChI is InChI=1S/C17H23F2N3O3.ClH/c1-11(17(25)20-15-9-12(18)3-4-14(15)19)22-7-5-13(6-8-22)21(2)10-16(23)24;/h3-4,9,11,13H,5-8,10H2,1-2H3,(H,20,25)(H,23,24);1H. The molecule has 0 spiro atoms. The van der Waals surface area contributed by atoms with Gasteiger partial charge in [0, 0.05) is 25.2 Å². The van der Waals surface area contributed by atoms with Gasteiger partial charge in [-0.25, -0.2) is 8.78 Å². The molecule has 0 radical (unpaired) electrons. The van der Waals surface area contributed by atoms with Gasteiger partial charge < -0.3 is 10.4 Å². The molecule has 0 bridgehead atoms. The van der Waals surface area contributed by atoms with Crippen molar-refractivity contribution in [3.8, 4) is 0 Å². The lowest BCUT2D eigenvalue weighted by molar-refractivity contribution is -0.138. The molecule has 0 saturated carbocycles. The molecule has 6 nitrogen and oxygen atoms in total. The van der Waals surface area contributed by atoms with Crippen LogP contribution >= 0.6 is 12.4 Å². The number of nitrogens with zero attached hydrogens (tertiary/aromatic N) is 2. The Morgan fingerprint density at radius 1 is 1.35 bits per heavy atom. The van der Waals surface area contributed by atoms with Crippen LogP contribution in [0, 0.1) is 11.6 Å². The zero-order valence-corrected chi connectivity index (χ0v) is 15.6. The van der Waals surface area contributed by atoms with E-state index in [2.05, 4.69) is 5.32 Å². The Morgan fingerprint density at radius 2 is 1.96 bits per heavy atom. The molecular formula is C17H24ClF2N3O3. The molecule has 1 fully saturated rings. The topological polar surface area (TPSA) is 72.9 Å². The lowest BCUT2D eigenvalue weighted by atomic mass is 10.0. The quantitative estimate of drug-likeness (QED) is 0.777. The molecule has 0 aromatic heterocycles. The van der Waals surface area contributed by atoms with E-state index in [1.54, 1.807) is 18.9 Å². The predicted molar refractivity (Wildman–Crippen MR) is 96.6 cm³/mol. The summed E-state index contributed by atoms with van der Waals surface area (Å²) in [6.07, 6.45) is 1.49. The summed E-state index contributed by atoms with van der Waals surface area (Å²) in [4.78, 5) is 26.8. The van der Waals surface area contributed by atoms with Crippen LogP contribution in [0.5, 0.6) is 0 Å². The van der Waals surface area contributed by atoms with Crippen LogP contribution in [0.15, 0.2) is 18.2 Å². The lowest BCUT2D eigenvalue weighted by Crippen LogP contribution is -2.50. The van der Waals surface area contributed by atoms with E-state index in [1.165, 1.54) is 0 Å². The summed E-state index contributed by atoms with van der Waals surface area (Å²) in [5.74, 6) is -2.57. The average molecular weight is 392 g/mol. The molecule has 0 aliphatic carbocycles. The molecule has 1 atom stereocenters. The van der Waals surface area contributed by atoms with Gasteiger partial charge >= 0.3 is 5.97 Å². The minimum atomic E-state index is -0.866. The highest BCUT2D eigenvalue weighted by Crippen LogP contribution is 2.19. The van der Waals surface area contributed by atoms with E-state index < -0.39 is 29.6 Å². The largest absolute Gasteiger partial charge is 0.480 e. The summed E-state index contributed by atoms with van der Waals surface area (Å²) in [7, 11) is 1.78. The summed E-state index contributed by atoms with van der Waals surface area (Å²) in [5, 5.41) is 11.3. The maximum absolute atomic E-state index is 13.6. The Labute approximate surface area is 157 Å². The van der Waals surface area contributed by atoms with Crippen molar-refractivity contribution < 1.29 is 23.5 Å². The van der Waals surface area contributed by atoms with Crippen molar-refractivity contribution in [2.75, 3.05) is 32.0 Å². The fourth-order valence-corrected chi connectivity index (χ4v) is 3.05. The van der Waals surface area contributed by atoms with Crippen molar-refractivity contribution in [1.82, 2.24) is 9.80 Å². The van der Waals surface area contributed by atoms with Gasteiger partial charge in [0.25, 0.3) is 0 Å². The van der Waals surface area contributed by atoms with Gasteiger partial charge in [0.05, 0.1) is 18.3 Å². The Morgan fingerprint density at radius 3 is 2.54 bits per heavy atom. The van der Waals surface area contributed by atoms with Gasteiger partial charge in [0.15, 0.2) is 0 Å². The maximum atomic E-state index is 13.6. The SMILES string of the molecule is CC(C(=O)Nc1cc(F)ccc1F)N1CCC(N(C)CC(=O)O)CC1.Cl. The number of likely N-dealkylation sites (N-methyl/N-ethyl adjacent to an activating group) is 1. The minimum Gasteiger partial charge on any atom is -0.480 e. The molecule has 1 aliphatic heterocycles. The van der Waals surface area contributed by atoms with Crippen molar-refractivity contribution in [2.24, 2.45) is 0 Å². The van der Waals surface area contributed by atoms with Gasteiger partial charge in [-0.2, -0.15) is 0 Å². The molecular weight excluding hydrogens is 368 g/mol. The van der Waals surface area contributed by atoms with E-state index in [9.17, 15) is 18.4 Å². The van der Waals surface area contributed by atoms with Gasteiger partial charge in [0.1, 0.15) is 11.6 Å². The second kappa shape index (κ2) is 9.80. The number of amides is 1. The van der Waals surface area contributed by atoms with Crippen molar-refractivity contribution in [2.45, 2.75) is 31.8 Å². The van der Waals surface area contributed by atoms with E-state index in [0.717, 1.165) is 31.0 Å². The van der Waals surface area contributed by atoms with Crippen LogP contribution in [0.1, 0.15) is 19.8 Å². The number of rotatable bonds is 6.